The molecule has 84 valence electrons. The second-order valence-corrected chi connectivity index (χ2v) is 3.77. The number of benzene rings is 2. The van der Waals surface area contributed by atoms with E-state index in [0.717, 1.165) is 5.75 Å². The summed E-state index contributed by atoms with van der Waals surface area (Å²) >= 11 is 0. The van der Waals surface area contributed by atoms with Gasteiger partial charge in [0.25, 0.3) is 0 Å². The summed E-state index contributed by atoms with van der Waals surface area (Å²) in [7, 11) is 1.68. The normalized spacial score (nSPS) is 10.6. The van der Waals surface area contributed by atoms with Crippen LogP contribution in [-0.2, 0) is 4.74 Å². The van der Waals surface area contributed by atoms with Gasteiger partial charge >= 0.3 is 0 Å². The lowest BCUT2D eigenvalue weighted by atomic mass is 10.1. The second kappa shape index (κ2) is 4.99. The molecule has 0 amide bonds. The molecule has 0 atom stereocenters. The lowest BCUT2D eigenvalue weighted by Gasteiger charge is -2.10. The first-order valence-corrected chi connectivity index (χ1v) is 5.43. The lowest BCUT2D eigenvalue weighted by molar-refractivity contribution is 0.147. The largest absolute Gasteiger partial charge is 0.491 e. The summed E-state index contributed by atoms with van der Waals surface area (Å²) in [6.07, 6.45) is 0. The Morgan fingerprint density at radius 2 is 1.69 bits per heavy atom. The molecule has 2 nitrogen and oxygen atoms in total. The third-order valence-electron chi connectivity index (χ3n) is 2.65. The number of ether oxygens (including phenoxy) is 2. The van der Waals surface area contributed by atoms with Crippen LogP contribution < -0.4 is 4.74 Å². The quantitative estimate of drug-likeness (QED) is 0.731. The monoisotopic (exact) mass is 216 g/mol. The van der Waals surface area contributed by atoms with Crippen LogP contribution in [0.4, 0.5) is 0 Å². The molecule has 2 aromatic carbocycles. The fourth-order valence-electron chi connectivity index (χ4n) is 1.78. The maximum atomic E-state index is 5.69. The standard InChI is InChI=1S/C14H16O2/c1-11-7-8-14(16-10-9-15-2)13-6-4-3-5-12(11)13/h3-8H,9-10H2,1-2H3. The van der Waals surface area contributed by atoms with Crippen molar-refractivity contribution in [2.75, 3.05) is 20.3 Å². The van der Waals surface area contributed by atoms with E-state index in [1.807, 2.05) is 18.2 Å². The van der Waals surface area contributed by atoms with Gasteiger partial charge in [-0.25, -0.2) is 0 Å². The Bertz CT molecular complexity index is 477. The van der Waals surface area contributed by atoms with Gasteiger partial charge in [-0.2, -0.15) is 0 Å². The van der Waals surface area contributed by atoms with E-state index in [-0.39, 0.29) is 0 Å². The van der Waals surface area contributed by atoms with Crippen molar-refractivity contribution < 1.29 is 9.47 Å². The minimum absolute atomic E-state index is 0.587. The summed E-state index contributed by atoms with van der Waals surface area (Å²) in [5.74, 6) is 0.929. The van der Waals surface area contributed by atoms with Crippen LogP contribution in [0, 0.1) is 6.92 Å². The van der Waals surface area contributed by atoms with Crippen LogP contribution in [0.1, 0.15) is 5.56 Å². The Balaban J connectivity index is 2.35. The zero-order valence-corrected chi connectivity index (χ0v) is 9.69. The summed E-state index contributed by atoms with van der Waals surface area (Å²) < 4.78 is 10.7. The first kappa shape index (κ1) is 11.0. The molecule has 0 aromatic heterocycles. The summed E-state index contributed by atoms with van der Waals surface area (Å²) in [6.45, 7) is 3.31. The lowest BCUT2D eigenvalue weighted by Crippen LogP contribution is -2.04. The van der Waals surface area contributed by atoms with Crippen molar-refractivity contribution in [3.8, 4) is 5.75 Å². The maximum absolute atomic E-state index is 5.69. The topological polar surface area (TPSA) is 18.5 Å². The number of rotatable bonds is 4. The van der Waals surface area contributed by atoms with Crippen LogP contribution in [0.15, 0.2) is 36.4 Å². The molecule has 0 aliphatic rings. The van der Waals surface area contributed by atoms with Crippen LogP contribution in [0.2, 0.25) is 0 Å². The van der Waals surface area contributed by atoms with Crippen molar-refractivity contribution >= 4 is 10.8 Å². The summed E-state index contributed by atoms with van der Waals surface area (Å²) in [6, 6.07) is 12.4. The maximum Gasteiger partial charge on any atom is 0.127 e. The van der Waals surface area contributed by atoms with Gasteiger partial charge in [-0.1, -0.05) is 30.3 Å². The van der Waals surface area contributed by atoms with Crippen molar-refractivity contribution in [2.45, 2.75) is 6.92 Å². The van der Waals surface area contributed by atoms with Crippen molar-refractivity contribution in [1.82, 2.24) is 0 Å². The minimum Gasteiger partial charge on any atom is -0.491 e. The molecular formula is C14H16O2. The van der Waals surface area contributed by atoms with E-state index in [1.54, 1.807) is 7.11 Å². The van der Waals surface area contributed by atoms with Gasteiger partial charge in [0.2, 0.25) is 0 Å². The third kappa shape index (κ3) is 2.17. The SMILES string of the molecule is COCCOc1ccc(C)c2ccccc12. The van der Waals surface area contributed by atoms with Crippen LogP contribution in [0.25, 0.3) is 10.8 Å². The highest BCUT2D eigenvalue weighted by Crippen LogP contribution is 2.27. The molecule has 0 radical (unpaired) electrons. The summed E-state index contributed by atoms with van der Waals surface area (Å²) in [5, 5.41) is 2.41. The molecule has 2 rings (SSSR count). The van der Waals surface area contributed by atoms with E-state index in [2.05, 4.69) is 25.1 Å². The Hall–Kier alpha value is -1.54. The van der Waals surface area contributed by atoms with Crippen molar-refractivity contribution in [2.24, 2.45) is 0 Å². The molecule has 0 fully saturated rings. The number of fused-ring (bicyclic) bond motifs is 1. The Morgan fingerprint density at radius 1 is 0.938 bits per heavy atom. The smallest absolute Gasteiger partial charge is 0.127 e. The predicted octanol–water partition coefficient (Wildman–Crippen LogP) is 3.17. The molecule has 0 saturated carbocycles. The molecule has 16 heavy (non-hydrogen) atoms. The van der Waals surface area contributed by atoms with Crippen LogP contribution in [0.3, 0.4) is 0 Å². The van der Waals surface area contributed by atoms with E-state index in [0.29, 0.717) is 13.2 Å². The molecule has 0 bridgehead atoms. The van der Waals surface area contributed by atoms with Crippen LogP contribution in [-0.4, -0.2) is 20.3 Å². The van der Waals surface area contributed by atoms with Gasteiger partial charge in [0.05, 0.1) is 6.61 Å². The zero-order chi connectivity index (χ0) is 11.4. The van der Waals surface area contributed by atoms with Crippen LogP contribution >= 0.6 is 0 Å². The highest BCUT2D eigenvalue weighted by atomic mass is 16.5. The van der Waals surface area contributed by atoms with Gasteiger partial charge in [-0.05, 0) is 23.9 Å². The molecule has 0 aliphatic heterocycles. The van der Waals surface area contributed by atoms with E-state index in [9.17, 15) is 0 Å². The molecule has 0 aliphatic carbocycles. The number of hydrogen-bond acceptors (Lipinski definition) is 2. The first-order chi connectivity index (χ1) is 7.83. The van der Waals surface area contributed by atoms with Crippen molar-refractivity contribution in [3.05, 3.63) is 42.0 Å². The fraction of sp³-hybridized carbons (Fsp3) is 0.286. The van der Waals surface area contributed by atoms with E-state index < -0.39 is 0 Å². The Labute approximate surface area is 95.8 Å². The summed E-state index contributed by atoms with van der Waals surface area (Å²) in [5.41, 5.74) is 1.27. The number of hydrogen-bond donors (Lipinski definition) is 0. The van der Waals surface area contributed by atoms with E-state index >= 15 is 0 Å². The van der Waals surface area contributed by atoms with Gasteiger partial charge < -0.3 is 9.47 Å². The minimum atomic E-state index is 0.587. The molecule has 0 N–H and O–H groups in total. The van der Waals surface area contributed by atoms with Gasteiger partial charge in [-0.3, -0.25) is 0 Å². The molecule has 0 unspecified atom stereocenters. The van der Waals surface area contributed by atoms with Gasteiger partial charge in [0, 0.05) is 12.5 Å². The van der Waals surface area contributed by atoms with Gasteiger partial charge in [-0.15, -0.1) is 0 Å². The van der Waals surface area contributed by atoms with Crippen molar-refractivity contribution in [1.29, 1.82) is 0 Å². The second-order valence-electron chi connectivity index (χ2n) is 3.77. The zero-order valence-electron chi connectivity index (χ0n) is 9.69. The molecular weight excluding hydrogens is 200 g/mol. The third-order valence-corrected chi connectivity index (χ3v) is 2.65. The average molecular weight is 216 g/mol. The van der Waals surface area contributed by atoms with E-state index in [4.69, 9.17) is 9.47 Å². The number of methoxy groups -OCH3 is 1. The highest BCUT2D eigenvalue weighted by Gasteiger charge is 2.03. The average Bonchev–Trinajstić information content (AvgIpc) is 2.33. The molecule has 0 saturated heterocycles. The number of aryl methyl sites for hydroxylation is 1. The van der Waals surface area contributed by atoms with Gasteiger partial charge in [0.15, 0.2) is 0 Å². The fourth-order valence-corrected chi connectivity index (χ4v) is 1.78. The first-order valence-electron chi connectivity index (χ1n) is 5.43. The molecule has 2 heteroatoms. The molecule has 0 heterocycles. The predicted molar refractivity (Wildman–Crippen MR) is 66.1 cm³/mol. The van der Waals surface area contributed by atoms with E-state index in [1.165, 1.54) is 16.3 Å². The summed E-state index contributed by atoms with van der Waals surface area (Å²) in [4.78, 5) is 0. The van der Waals surface area contributed by atoms with Crippen molar-refractivity contribution in [3.63, 3.8) is 0 Å². The Kier molecular flexibility index (Phi) is 3.42. The molecule has 0 spiro atoms. The molecule has 2 aromatic rings. The highest BCUT2D eigenvalue weighted by molar-refractivity contribution is 5.90. The van der Waals surface area contributed by atoms with Crippen LogP contribution in [0.5, 0.6) is 5.75 Å². The Morgan fingerprint density at radius 3 is 2.44 bits per heavy atom. The van der Waals surface area contributed by atoms with Gasteiger partial charge in [0.1, 0.15) is 12.4 Å².